The zero-order valence-corrected chi connectivity index (χ0v) is 14.8. The number of nitrogens with zero attached hydrogens (tertiary/aromatic N) is 1. The van der Waals surface area contributed by atoms with Gasteiger partial charge in [-0.05, 0) is 54.8 Å². The van der Waals surface area contributed by atoms with Gasteiger partial charge in [-0.25, -0.2) is 0 Å². The smallest absolute Gasteiger partial charge is 0.0457 e. The van der Waals surface area contributed by atoms with Crippen LogP contribution in [-0.2, 0) is 19.6 Å². The number of hydrogen-bond acceptors (Lipinski definition) is 2. The molecule has 130 valence electrons. The molecule has 25 heavy (non-hydrogen) atoms. The molecule has 2 aromatic carbocycles. The van der Waals surface area contributed by atoms with Gasteiger partial charge in [-0.3, -0.25) is 4.90 Å². The Kier molecular flexibility index (Phi) is 5.14. The van der Waals surface area contributed by atoms with E-state index in [4.69, 9.17) is 0 Å². The summed E-state index contributed by atoms with van der Waals surface area (Å²) in [5.41, 5.74) is 5.34. The van der Waals surface area contributed by atoms with E-state index < -0.39 is 0 Å². The fraction of sp³-hybridized carbons (Fsp3) is 0.364. The second-order valence-electron chi connectivity index (χ2n) is 7.11. The Hall–Kier alpha value is -2.10. The van der Waals surface area contributed by atoms with Crippen LogP contribution in [0, 0.1) is 0 Å². The Balaban J connectivity index is 1.30. The molecule has 0 spiro atoms. The Morgan fingerprint density at radius 2 is 1.64 bits per heavy atom. The Bertz CT molecular complexity index is 798. The number of H-pyrrole nitrogens is 1. The Labute approximate surface area is 150 Å². The molecule has 2 heterocycles. The molecule has 0 aliphatic carbocycles. The van der Waals surface area contributed by atoms with E-state index in [1.165, 1.54) is 59.9 Å². The van der Waals surface area contributed by atoms with E-state index in [0.29, 0.717) is 0 Å². The summed E-state index contributed by atoms with van der Waals surface area (Å²) in [5.74, 6) is 0. The molecular weight excluding hydrogens is 306 g/mol. The summed E-state index contributed by atoms with van der Waals surface area (Å²) in [7, 11) is 0. The predicted octanol–water partition coefficient (Wildman–Crippen LogP) is 4.44. The van der Waals surface area contributed by atoms with Gasteiger partial charge in [0.05, 0.1) is 0 Å². The minimum atomic E-state index is 0.894. The maximum Gasteiger partial charge on any atom is 0.0457 e. The zero-order chi connectivity index (χ0) is 16.9. The summed E-state index contributed by atoms with van der Waals surface area (Å²) in [5, 5.41) is 4.89. The third-order valence-electron chi connectivity index (χ3n) is 5.21. The first kappa shape index (κ1) is 16.4. The lowest BCUT2D eigenvalue weighted by atomic mass is 10.1. The fourth-order valence-electron chi connectivity index (χ4n) is 3.78. The molecule has 1 fully saturated rings. The van der Waals surface area contributed by atoms with E-state index >= 15 is 0 Å². The van der Waals surface area contributed by atoms with Gasteiger partial charge in [-0.2, -0.15) is 0 Å². The van der Waals surface area contributed by atoms with Crippen LogP contribution in [-0.4, -0.2) is 23.0 Å². The number of piperidine rings is 1. The van der Waals surface area contributed by atoms with E-state index in [9.17, 15) is 0 Å². The molecule has 0 atom stereocenters. The molecule has 1 aromatic heterocycles. The lowest BCUT2D eigenvalue weighted by molar-refractivity contribution is 0.221. The molecule has 1 aliphatic heterocycles. The average molecular weight is 333 g/mol. The zero-order valence-electron chi connectivity index (χ0n) is 14.8. The van der Waals surface area contributed by atoms with Gasteiger partial charge in [-0.15, -0.1) is 0 Å². The lowest BCUT2D eigenvalue weighted by Crippen LogP contribution is -2.29. The van der Waals surface area contributed by atoms with Gasteiger partial charge in [0.25, 0.3) is 0 Å². The van der Waals surface area contributed by atoms with Crippen molar-refractivity contribution in [3.63, 3.8) is 0 Å². The topological polar surface area (TPSA) is 31.1 Å². The molecule has 0 radical (unpaired) electrons. The molecule has 2 N–H and O–H groups in total. The Morgan fingerprint density at radius 1 is 0.840 bits per heavy atom. The highest BCUT2D eigenvalue weighted by Crippen LogP contribution is 2.17. The van der Waals surface area contributed by atoms with Crippen LogP contribution in [0.1, 0.15) is 36.0 Å². The van der Waals surface area contributed by atoms with Crippen molar-refractivity contribution in [2.45, 2.75) is 38.9 Å². The summed E-state index contributed by atoms with van der Waals surface area (Å²) in [6.45, 7) is 5.42. The molecule has 1 saturated heterocycles. The number of rotatable bonds is 6. The van der Waals surface area contributed by atoms with Gasteiger partial charge in [0, 0.05) is 36.7 Å². The van der Waals surface area contributed by atoms with Gasteiger partial charge in [-0.1, -0.05) is 42.8 Å². The molecule has 3 heteroatoms. The molecule has 0 saturated carbocycles. The van der Waals surface area contributed by atoms with Crippen LogP contribution in [0.2, 0.25) is 0 Å². The molecule has 3 nitrogen and oxygen atoms in total. The van der Waals surface area contributed by atoms with Crippen molar-refractivity contribution in [1.29, 1.82) is 0 Å². The summed E-state index contributed by atoms with van der Waals surface area (Å²) >= 11 is 0. The lowest BCUT2D eigenvalue weighted by Gasteiger charge is -2.26. The number of aromatic nitrogens is 1. The molecule has 0 unspecified atom stereocenters. The van der Waals surface area contributed by atoms with Crippen molar-refractivity contribution >= 4 is 10.9 Å². The third kappa shape index (κ3) is 4.12. The summed E-state index contributed by atoms with van der Waals surface area (Å²) in [6, 6.07) is 17.7. The van der Waals surface area contributed by atoms with Crippen molar-refractivity contribution in [2.75, 3.05) is 13.1 Å². The maximum absolute atomic E-state index is 3.58. The highest BCUT2D eigenvalue weighted by atomic mass is 15.1. The van der Waals surface area contributed by atoms with E-state index in [1.807, 2.05) is 6.20 Å². The molecule has 3 aromatic rings. The second-order valence-corrected chi connectivity index (χ2v) is 7.11. The second kappa shape index (κ2) is 7.85. The van der Waals surface area contributed by atoms with Crippen LogP contribution in [0.25, 0.3) is 10.9 Å². The number of likely N-dealkylation sites (tertiary alicyclic amines) is 1. The molecule has 4 rings (SSSR count). The quantitative estimate of drug-likeness (QED) is 0.698. The monoisotopic (exact) mass is 333 g/mol. The normalized spacial score (nSPS) is 15.7. The number of nitrogens with one attached hydrogen (secondary N) is 2. The van der Waals surface area contributed by atoms with Gasteiger partial charge in [0.15, 0.2) is 0 Å². The van der Waals surface area contributed by atoms with Crippen LogP contribution >= 0.6 is 0 Å². The van der Waals surface area contributed by atoms with Crippen molar-refractivity contribution in [3.05, 3.63) is 71.4 Å². The maximum atomic E-state index is 3.58. The van der Waals surface area contributed by atoms with Crippen molar-refractivity contribution < 1.29 is 0 Å². The van der Waals surface area contributed by atoms with E-state index in [2.05, 4.69) is 63.7 Å². The van der Waals surface area contributed by atoms with E-state index in [-0.39, 0.29) is 0 Å². The molecule has 1 aliphatic rings. The predicted molar refractivity (Wildman–Crippen MR) is 104 cm³/mol. The Morgan fingerprint density at radius 3 is 2.48 bits per heavy atom. The van der Waals surface area contributed by atoms with Crippen molar-refractivity contribution in [3.8, 4) is 0 Å². The van der Waals surface area contributed by atoms with Crippen molar-refractivity contribution in [2.24, 2.45) is 0 Å². The first-order valence-corrected chi connectivity index (χ1v) is 9.44. The summed E-state index contributed by atoms with van der Waals surface area (Å²) in [4.78, 5) is 5.85. The number of fused-ring (bicyclic) bond motifs is 1. The minimum Gasteiger partial charge on any atom is -0.361 e. The number of hydrogen-bond donors (Lipinski definition) is 2. The van der Waals surface area contributed by atoms with Gasteiger partial charge < -0.3 is 10.3 Å². The van der Waals surface area contributed by atoms with Gasteiger partial charge in [0.1, 0.15) is 0 Å². The van der Waals surface area contributed by atoms with Gasteiger partial charge >= 0.3 is 0 Å². The van der Waals surface area contributed by atoms with Crippen LogP contribution in [0.5, 0.6) is 0 Å². The van der Waals surface area contributed by atoms with Crippen molar-refractivity contribution in [1.82, 2.24) is 15.2 Å². The first-order valence-electron chi connectivity index (χ1n) is 9.44. The molecule has 0 amide bonds. The largest absolute Gasteiger partial charge is 0.361 e. The van der Waals surface area contributed by atoms with Crippen LogP contribution in [0.4, 0.5) is 0 Å². The fourth-order valence-corrected chi connectivity index (χ4v) is 3.78. The van der Waals surface area contributed by atoms with Crippen LogP contribution in [0.15, 0.2) is 54.7 Å². The van der Waals surface area contributed by atoms with E-state index in [0.717, 1.165) is 19.6 Å². The average Bonchev–Trinajstić information content (AvgIpc) is 3.14. The van der Waals surface area contributed by atoms with E-state index in [1.54, 1.807) is 0 Å². The van der Waals surface area contributed by atoms with Crippen LogP contribution < -0.4 is 5.32 Å². The molecular formula is C22H27N3. The standard InChI is InChI=1S/C22H27N3/c1-2-13-25(14-3-1)17-19-9-7-18(8-10-19)15-23-16-20-5-4-6-22-21(20)11-12-24-22/h4-12,23-24H,1-3,13-17H2. The first-order chi connectivity index (χ1) is 12.4. The highest BCUT2D eigenvalue weighted by Gasteiger charge is 2.10. The minimum absolute atomic E-state index is 0.894. The number of aromatic amines is 1. The highest BCUT2D eigenvalue weighted by molar-refractivity contribution is 5.82. The van der Waals surface area contributed by atoms with Crippen LogP contribution in [0.3, 0.4) is 0 Å². The molecule has 0 bridgehead atoms. The SMILES string of the molecule is c1cc(CNCc2ccc(CN3CCCCC3)cc2)c2cc[nH]c2c1. The summed E-state index contributed by atoms with van der Waals surface area (Å²) in [6.07, 6.45) is 6.12. The third-order valence-corrected chi connectivity index (χ3v) is 5.21. The summed E-state index contributed by atoms with van der Waals surface area (Å²) < 4.78 is 0. The number of benzene rings is 2. The van der Waals surface area contributed by atoms with Gasteiger partial charge in [0.2, 0.25) is 0 Å².